The minimum atomic E-state index is -0.445. The molecule has 4 heterocycles. The molecular weight excluding hydrogens is 536 g/mol. The van der Waals surface area contributed by atoms with E-state index in [1.807, 2.05) is 43.0 Å². The zero-order valence-electron chi connectivity index (χ0n) is 25.2. The number of amides is 3. The van der Waals surface area contributed by atoms with Crippen molar-refractivity contribution < 1.29 is 19.1 Å². The molecule has 11 heteroatoms. The third-order valence-electron chi connectivity index (χ3n) is 9.10. The number of pyridine rings is 1. The third kappa shape index (κ3) is 6.47. The number of carbonyl (C=O) groups is 3. The smallest absolute Gasteiger partial charge is 0.407 e. The fourth-order valence-corrected chi connectivity index (χ4v) is 7.03. The van der Waals surface area contributed by atoms with Crippen molar-refractivity contribution in [3.05, 3.63) is 46.2 Å². The Morgan fingerprint density at radius 3 is 2.29 bits per heavy atom. The normalized spacial score (nSPS) is 23.6. The highest BCUT2D eigenvalue weighted by Crippen LogP contribution is 2.36. The number of hydrogen-bond donors (Lipinski definition) is 2. The number of piperidine rings is 1. The summed E-state index contributed by atoms with van der Waals surface area (Å²) in [5.41, 5.74) is 0.746. The van der Waals surface area contributed by atoms with Gasteiger partial charge in [-0.05, 0) is 57.0 Å². The molecule has 3 amide bonds. The lowest BCUT2D eigenvalue weighted by molar-refractivity contribution is -0.130. The molecule has 2 aromatic rings. The van der Waals surface area contributed by atoms with E-state index in [9.17, 15) is 19.2 Å². The van der Waals surface area contributed by atoms with Crippen LogP contribution >= 0.6 is 0 Å². The number of fused-ring (bicyclic) bond motifs is 3. The Kier molecular flexibility index (Phi) is 9.17. The number of ether oxygens (including phenoxy) is 1. The second-order valence-electron chi connectivity index (χ2n) is 12.2. The second-order valence-corrected chi connectivity index (χ2v) is 12.2. The maximum absolute atomic E-state index is 13.5. The molecule has 11 nitrogen and oxygen atoms in total. The average molecular weight is 581 g/mol. The first kappa shape index (κ1) is 30.0. The van der Waals surface area contributed by atoms with Crippen LogP contribution in [0.3, 0.4) is 0 Å². The molecular formula is C31H44N6O5. The number of benzene rings is 1. The van der Waals surface area contributed by atoms with Gasteiger partial charge in [-0.25, -0.2) is 4.79 Å². The zero-order chi connectivity index (χ0) is 30.0. The van der Waals surface area contributed by atoms with E-state index in [0.717, 1.165) is 49.7 Å². The summed E-state index contributed by atoms with van der Waals surface area (Å²) < 4.78 is 7.51. The van der Waals surface area contributed by atoms with Crippen LogP contribution in [-0.4, -0.2) is 108 Å². The van der Waals surface area contributed by atoms with Crippen molar-refractivity contribution >= 4 is 28.8 Å². The summed E-state index contributed by atoms with van der Waals surface area (Å²) in [4.78, 5) is 57.3. The Bertz CT molecular complexity index is 1350. The van der Waals surface area contributed by atoms with Crippen LogP contribution in [0.4, 0.5) is 4.79 Å². The van der Waals surface area contributed by atoms with Gasteiger partial charge in [-0.15, -0.1) is 0 Å². The summed E-state index contributed by atoms with van der Waals surface area (Å²) in [7, 11) is 1.56. The van der Waals surface area contributed by atoms with E-state index in [0.29, 0.717) is 26.2 Å². The van der Waals surface area contributed by atoms with Crippen LogP contribution in [0.2, 0.25) is 0 Å². The fourth-order valence-electron chi connectivity index (χ4n) is 7.03. The highest BCUT2D eigenvalue weighted by Gasteiger charge is 2.42. The Labute approximate surface area is 247 Å². The van der Waals surface area contributed by atoms with Gasteiger partial charge in [0.05, 0.1) is 5.52 Å². The van der Waals surface area contributed by atoms with Gasteiger partial charge in [0.1, 0.15) is 11.7 Å². The van der Waals surface area contributed by atoms with Crippen LogP contribution in [-0.2, 0) is 9.53 Å². The van der Waals surface area contributed by atoms with Gasteiger partial charge >= 0.3 is 6.09 Å². The summed E-state index contributed by atoms with van der Waals surface area (Å²) in [5, 5.41) is 6.63. The molecule has 1 aromatic heterocycles. The van der Waals surface area contributed by atoms with Crippen LogP contribution in [0, 0.1) is 0 Å². The summed E-state index contributed by atoms with van der Waals surface area (Å²) in [5.74, 6) is -0.228. The van der Waals surface area contributed by atoms with Gasteiger partial charge in [-0.3, -0.25) is 24.2 Å². The Morgan fingerprint density at radius 1 is 1.00 bits per heavy atom. The fraction of sp³-hybridized carbons (Fsp3) is 0.613. The molecule has 42 heavy (non-hydrogen) atoms. The summed E-state index contributed by atoms with van der Waals surface area (Å²) in [6, 6.07) is 9.82. The first-order valence-corrected chi connectivity index (χ1v) is 15.2. The SMILES string of the molecule is CNC(=O)OC(CN1CCN(C(C)=O)CC1)CN1[C@@H]2CC[C@H]1C[C@@H](NC(=O)c1cc3ccccc3n(C(C)C)c1=O)C2. The van der Waals surface area contributed by atoms with Crippen molar-refractivity contribution in [1.82, 2.24) is 29.9 Å². The molecule has 1 unspecified atom stereocenters. The standard InChI is InChI=1S/C31H44N6O5/c1-20(2)37-28-8-6-5-7-22(28)15-27(30(37)40)29(39)33-23-16-24-9-10-25(17-23)36(24)19-26(42-31(41)32-4)18-34-11-13-35(14-12-34)21(3)38/h5-8,15,20,23-26H,9-14,16-19H2,1-4H3,(H,32,41)(H,33,39)/t23-,24+,25-,26?. The van der Waals surface area contributed by atoms with E-state index in [1.165, 1.54) is 0 Å². The molecule has 3 aliphatic heterocycles. The lowest BCUT2D eigenvalue weighted by atomic mass is 9.96. The van der Waals surface area contributed by atoms with Crippen LogP contribution in [0.15, 0.2) is 35.1 Å². The van der Waals surface area contributed by atoms with E-state index in [4.69, 9.17) is 4.74 Å². The van der Waals surface area contributed by atoms with Gasteiger partial charge in [0.2, 0.25) is 5.91 Å². The lowest BCUT2D eigenvalue weighted by Gasteiger charge is -2.42. The van der Waals surface area contributed by atoms with Gasteiger partial charge in [-0.1, -0.05) is 18.2 Å². The molecule has 0 aliphatic carbocycles. The predicted molar refractivity (Wildman–Crippen MR) is 161 cm³/mol. The van der Waals surface area contributed by atoms with E-state index in [-0.39, 0.29) is 53.2 Å². The quantitative estimate of drug-likeness (QED) is 0.492. The largest absolute Gasteiger partial charge is 0.444 e. The first-order chi connectivity index (χ1) is 20.1. The number of nitrogens with one attached hydrogen (secondary N) is 2. The summed E-state index contributed by atoms with van der Waals surface area (Å²) in [6.45, 7) is 9.60. The summed E-state index contributed by atoms with van der Waals surface area (Å²) in [6.07, 6.45) is 2.87. The van der Waals surface area contributed by atoms with Crippen LogP contribution in [0.1, 0.15) is 62.9 Å². The first-order valence-electron chi connectivity index (χ1n) is 15.2. The van der Waals surface area contributed by atoms with E-state index < -0.39 is 6.09 Å². The molecule has 0 spiro atoms. The van der Waals surface area contributed by atoms with Crippen molar-refractivity contribution in [3.63, 3.8) is 0 Å². The maximum atomic E-state index is 13.5. The average Bonchev–Trinajstić information content (AvgIpc) is 3.18. The van der Waals surface area contributed by atoms with Crippen LogP contribution < -0.4 is 16.2 Å². The van der Waals surface area contributed by atoms with Gasteiger partial charge in [0.15, 0.2) is 0 Å². The monoisotopic (exact) mass is 580 g/mol. The molecule has 4 atom stereocenters. The number of para-hydroxylation sites is 1. The van der Waals surface area contributed by atoms with Gasteiger partial charge in [-0.2, -0.15) is 0 Å². The van der Waals surface area contributed by atoms with Crippen molar-refractivity contribution in [2.24, 2.45) is 0 Å². The molecule has 3 aliphatic rings. The maximum Gasteiger partial charge on any atom is 0.407 e. The zero-order valence-corrected chi connectivity index (χ0v) is 25.2. The summed E-state index contributed by atoms with van der Waals surface area (Å²) >= 11 is 0. The van der Waals surface area contributed by atoms with Crippen molar-refractivity contribution in [3.8, 4) is 0 Å². The Balaban J connectivity index is 1.24. The van der Waals surface area contributed by atoms with E-state index in [2.05, 4.69) is 20.4 Å². The van der Waals surface area contributed by atoms with Gasteiger partial charge in [0, 0.05) is 77.4 Å². The Hall–Kier alpha value is -3.44. The second kappa shape index (κ2) is 12.8. The molecule has 2 N–H and O–H groups in total. The Morgan fingerprint density at radius 2 is 1.67 bits per heavy atom. The number of aromatic nitrogens is 1. The van der Waals surface area contributed by atoms with E-state index in [1.54, 1.807) is 24.6 Å². The number of piperazine rings is 1. The van der Waals surface area contributed by atoms with Gasteiger partial charge < -0.3 is 24.8 Å². The third-order valence-corrected chi connectivity index (χ3v) is 9.10. The molecule has 2 bridgehead atoms. The number of nitrogens with zero attached hydrogens (tertiary/aromatic N) is 4. The number of rotatable bonds is 8. The highest BCUT2D eigenvalue weighted by atomic mass is 16.6. The topological polar surface area (TPSA) is 116 Å². The molecule has 3 fully saturated rings. The number of alkyl carbamates (subject to hydrolysis) is 1. The molecule has 1 aromatic carbocycles. The lowest BCUT2D eigenvalue weighted by Crippen LogP contribution is -2.55. The molecule has 0 saturated carbocycles. The number of hydrogen-bond acceptors (Lipinski definition) is 7. The van der Waals surface area contributed by atoms with Crippen molar-refractivity contribution in [2.45, 2.75) is 76.7 Å². The molecule has 228 valence electrons. The minimum absolute atomic E-state index is 0.0254. The van der Waals surface area contributed by atoms with Crippen molar-refractivity contribution in [2.75, 3.05) is 46.3 Å². The molecule has 3 saturated heterocycles. The highest BCUT2D eigenvalue weighted by molar-refractivity contribution is 5.97. The van der Waals surface area contributed by atoms with Crippen molar-refractivity contribution in [1.29, 1.82) is 0 Å². The predicted octanol–water partition coefficient (Wildman–Crippen LogP) is 2.20. The van der Waals surface area contributed by atoms with Crippen LogP contribution in [0.25, 0.3) is 10.9 Å². The minimum Gasteiger partial charge on any atom is -0.444 e. The molecule has 0 radical (unpaired) electrons. The van der Waals surface area contributed by atoms with E-state index >= 15 is 0 Å². The molecule has 5 rings (SSSR count). The van der Waals surface area contributed by atoms with Crippen LogP contribution in [0.5, 0.6) is 0 Å². The van der Waals surface area contributed by atoms with Gasteiger partial charge in [0.25, 0.3) is 11.5 Å². The number of carbonyl (C=O) groups excluding carboxylic acids is 3.